The van der Waals surface area contributed by atoms with E-state index in [-0.39, 0.29) is 24.0 Å². The van der Waals surface area contributed by atoms with Crippen LogP contribution in [0.3, 0.4) is 0 Å². The first-order valence-corrected chi connectivity index (χ1v) is 6.24. The van der Waals surface area contributed by atoms with E-state index in [0.717, 1.165) is 25.7 Å². The standard InChI is InChI=1S/C12H23N3O.HI/c1-13-11(14-7-9-16-2)15-8-6-12(10-15)4-3-5-12;/h3-10H2,1-2H3,(H,13,14);1H. The summed E-state index contributed by atoms with van der Waals surface area (Å²) in [5.41, 5.74) is 0.638. The van der Waals surface area contributed by atoms with Crippen LogP contribution in [0.2, 0.25) is 0 Å². The zero-order valence-corrected chi connectivity index (χ0v) is 13.2. The van der Waals surface area contributed by atoms with E-state index in [1.54, 1.807) is 7.11 Å². The number of likely N-dealkylation sites (tertiary alicyclic amines) is 1. The molecule has 1 aliphatic carbocycles. The second kappa shape index (κ2) is 6.78. The average molecular weight is 353 g/mol. The minimum Gasteiger partial charge on any atom is -0.383 e. The monoisotopic (exact) mass is 353 g/mol. The Hall–Kier alpha value is -0.0400. The van der Waals surface area contributed by atoms with Gasteiger partial charge in [-0.25, -0.2) is 0 Å². The van der Waals surface area contributed by atoms with Crippen LogP contribution >= 0.6 is 24.0 Å². The van der Waals surface area contributed by atoms with Crippen molar-refractivity contribution in [1.82, 2.24) is 10.2 Å². The van der Waals surface area contributed by atoms with Crippen LogP contribution in [0.1, 0.15) is 25.7 Å². The highest BCUT2D eigenvalue weighted by Gasteiger charge is 2.43. The number of nitrogens with one attached hydrogen (secondary N) is 1. The van der Waals surface area contributed by atoms with Gasteiger partial charge >= 0.3 is 0 Å². The maximum atomic E-state index is 5.04. The number of guanidine groups is 1. The van der Waals surface area contributed by atoms with Crippen LogP contribution in [-0.4, -0.2) is 51.3 Å². The quantitative estimate of drug-likeness (QED) is 0.363. The minimum absolute atomic E-state index is 0. The van der Waals surface area contributed by atoms with Crippen LogP contribution in [-0.2, 0) is 4.74 Å². The van der Waals surface area contributed by atoms with E-state index in [0.29, 0.717) is 5.41 Å². The summed E-state index contributed by atoms with van der Waals surface area (Å²) >= 11 is 0. The van der Waals surface area contributed by atoms with Gasteiger partial charge in [-0.1, -0.05) is 6.42 Å². The van der Waals surface area contributed by atoms with E-state index in [1.165, 1.54) is 32.2 Å². The van der Waals surface area contributed by atoms with E-state index >= 15 is 0 Å². The number of nitrogens with zero attached hydrogens (tertiary/aromatic N) is 2. The Balaban J connectivity index is 0.00000144. The molecule has 0 aromatic heterocycles. The summed E-state index contributed by atoms with van der Waals surface area (Å²) in [6, 6.07) is 0. The fourth-order valence-corrected chi connectivity index (χ4v) is 2.80. The number of ether oxygens (including phenoxy) is 1. The van der Waals surface area contributed by atoms with Crippen LogP contribution in [0.25, 0.3) is 0 Å². The molecule has 0 amide bonds. The van der Waals surface area contributed by atoms with E-state index in [4.69, 9.17) is 4.74 Å². The van der Waals surface area contributed by atoms with E-state index in [1.807, 2.05) is 7.05 Å². The molecular formula is C12H24IN3O. The highest BCUT2D eigenvalue weighted by molar-refractivity contribution is 14.0. The Kier molecular flexibility index (Phi) is 5.99. The third-order valence-corrected chi connectivity index (χ3v) is 3.95. The van der Waals surface area contributed by atoms with Gasteiger partial charge in [0.05, 0.1) is 6.61 Å². The molecular weight excluding hydrogens is 329 g/mol. The Bertz CT molecular complexity index is 266. The van der Waals surface area contributed by atoms with Gasteiger partial charge in [0.2, 0.25) is 0 Å². The van der Waals surface area contributed by atoms with E-state index in [9.17, 15) is 0 Å². The van der Waals surface area contributed by atoms with Crippen molar-refractivity contribution in [3.8, 4) is 0 Å². The predicted octanol–water partition coefficient (Wildman–Crippen LogP) is 1.70. The largest absolute Gasteiger partial charge is 0.383 e. The van der Waals surface area contributed by atoms with Crippen molar-refractivity contribution in [2.75, 3.05) is 40.4 Å². The smallest absolute Gasteiger partial charge is 0.193 e. The maximum absolute atomic E-state index is 5.04. The van der Waals surface area contributed by atoms with Crippen LogP contribution in [0.15, 0.2) is 4.99 Å². The van der Waals surface area contributed by atoms with Crippen molar-refractivity contribution in [2.45, 2.75) is 25.7 Å². The molecule has 2 fully saturated rings. The van der Waals surface area contributed by atoms with Crippen molar-refractivity contribution in [3.63, 3.8) is 0 Å². The lowest BCUT2D eigenvalue weighted by Gasteiger charge is -2.38. The van der Waals surface area contributed by atoms with Crippen LogP contribution in [0.5, 0.6) is 0 Å². The molecule has 0 radical (unpaired) electrons. The lowest BCUT2D eigenvalue weighted by Crippen LogP contribution is -2.43. The van der Waals surface area contributed by atoms with E-state index in [2.05, 4.69) is 15.2 Å². The molecule has 1 saturated heterocycles. The zero-order valence-electron chi connectivity index (χ0n) is 10.9. The Morgan fingerprint density at radius 2 is 2.18 bits per heavy atom. The molecule has 2 rings (SSSR count). The molecule has 1 aliphatic heterocycles. The fraction of sp³-hybridized carbons (Fsp3) is 0.917. The second-order valence-corrected chi connectivity index (χ2v) is 4.99. The molecule has 1 spiro atoms. The lowest BCUT2D eigenvalue weighted by molar-refractivity contribution is 0.151. The fourth-order valence-electron chi connectivity index (χ4n) is 2.80. The first-order valence-electron chi connectivity index (χ1n) is 6.24. The summed E-state index contributed by atoms with van der Waals surface area (Å²) in [5.74, 6) is 1.04. The third kappa shape index (κ3) is 3.47. The number of hydrogen-bond acceptors (Lipinski definition) is 2. The van der Waals surface area contributed by atoms with Crippen molar-refractivity contribution in [1.29, 1.82) is 0 Å². The average Bonchev–Trinajstić information content (AvgIpc) is 2.69. The van der Waals surface area contributed by atoms with Crippen molar-refractivity contribution >= 4 is 29.9 Å². The summed E-state index contributed by atoms with van der Waals surface area (Å²) in [4.78, 5) is 6.74. The number of halogens is 1. The maximum Gasteiger partial charge on any atom is 0.193 e. The summed E-state index contributed by atoms with van der Waals surface area (Å²) in [7, 11) is 3.59. The number of methoxy groups -OCH3 is 1. The SMILES string of the molecule is CN=C(NCCOC)N1CCC2(CCC2)C1.I. The van der Waals surface area contributed by atoms with Crippen molar-refractivity contribution in [3.05, 3.63) is 0 Å². The zero-order chi connectivity index (χ0) is 11.4. The Labute approximate surface area is 121 Å². The predicted molar refractivity (Wildman–Crippen MR) is 81.1 cm³/mol. The number of aliphatic imine (C=N–C) groups is 1. The summed E-state index contributed by atoms with van der Waals surface area (Å²) in [6.07, 6.45) is 5.60. The van der Waals surface area contributed by atoms with Gasteiger partial charge in [0.1, 0.15) is 0 Å². The first-order chi connectivity index (χ1) is 7.79. The van der Waals surface area contributed by atoms with Gasteiger partial charge in [-0.2, -0.15) is 0 Å². The topological polar surface area (TPSA) is 36.9 Å². The van der Waals surface area contributed by atoms with Gasteiger partial charge in [-0.15, -0.1) is 24.0 Å². The summed E-state index contributed by atoms with van der Waals surface area (Å²) in [5, 5.41) is 3.35. The van der Waals surface area contributed by atoms with Gasteiger partial charge in [-0.05, 0) is 24.7 Å². The highest BCUT2D eigenvalue weighted by atomic mass is 127. The molecule has 0 unspecified atom stereocenters. The van der Waals surface area contributed by atoms with Gasteiger partial charge < -0.3 is 15.0 Å². The normalized spacial score (nSPS) is 22.2. The molecule has 5 heteroatoms. The third-order valence-electron chi connectivity index (χ3n) is 3.95. The molecule has 100 valence electrons. The van der Waals surface area contributed by atoms with Gasteiger partial charge in [-0.3, -0.25) is 4.99 Å². The van der Waals surface area contributed by atoms with Gasteiger partial charge in [0.25, 0.3) is 0 Å². The van der Waals surface area contributed by atoms with Crippen LogP contribution in [0, 0.1) is 5.41 Å². The molecule has 17 heavy (non-hydrogen) atoms. The first kappa shape index (κ1) is 15.0. The molecule has 4 nitrogen and oxygen atoms in total. The van der Waals surface area contributed by atoms with Crippen molar-refractivity contribution < 1.29 is 4.74 Å². The molecule has 1 saturated carbocycles. The molecule has 0 aromatic carbocycles. The molecule has 2 aliphatic rings. The Morgan fingerprint density at radius 3 is 2.65 bits per heavy atom. The molecule has 0 aromatic rings. The van der Waals surface area contributed by atoms with Crippen LogP contribution < -0.4 is 5.32 Å². The minimum atomic E-state index is 0. The Morgan fingerprint density at radius 1 is 1.41 bits per heavy atom. The molecule has 1 heterocycles. The summed E-state index contributed by atoms with van der Waals surface area (Å²) in [6.45, 7) is 3.93. The van der Waals surface area contributed by atoms with Crippen molar-refractivity contribution in [2.24, 2.45) is 10.4 Å². The molecule has 0 bridgehead atoms. The highest BCUT2D eigenvalue weighted by Crippen LogP contribution is 2.47. The lowest BCUT2D eigenvalue weighted by atomic mass is 9.68. The number of rotatable bonds is 3. The molecule has 0 atom stereocenters. The van der Waals surface area contributed by atoms with Gasteiger partial charge in [0.15, 0.2) is 5.96 Å². The van der Waals surface area contributed by atoms with E-state index < -0.39 is 0 Å². The van der Waals surface area contributed by atoms with Crippen LogP contribution in [0.4, 0.5) is 0 Å². The summed E-state index contributed by atoms with van der Waals surface area (Å²) < 4.78 is 5.04. The molecule has 1 N–H and O–H groups in total. The second-order valence-electron chi connectivity index (χ2n) is 4.99. The van der Waals surface area contributed by atoms with Gasteiger partial charge in [0, 0.05) is 33.8 Å². The number of hydrogen-bond donors (Lipinski definition) is 1.